The summed E-state index contributed by atoms with van der Waals surface area (Å²) in [4.78, 5) is 25.6. The molecule has 1 aliphatic rings. The van der Waals surface area contributed by atoms with Gasteiger partial charge in [0.1, 0.15) is 5.92 Å². The van der Waals surface area contributed by atoms with Crippen molar-refractivity contribution in [3.8, 4) is 0 Å². The third kappa shape index (κ3) is 3.28. The van der Waals surface area contributed by atoms with Crippen LogP contribution < -0.4 is 10.6 Å². The standard InChI is InChI=1S/C24H20F3N3O3S/c1-2-30-16-7-4-3-6-14(16)15-12-13(9-10-17(15)30)20-19(21(31)18-8-5-11-34-18)23(33,24(25,26)27)29-22(32)28-20/h3-12,19-20,33H,2H2,1H3,(H2,28,29,32)/t19-,20-,23-/m0/s1. The fraction of sp³-hybridized carbons (Fsp3) is 0.250. The van der Waals surface area contributed by atoms with E-state index in [-0.39, 0.29) is 4.88 Å². The van der Waals surface area contributed by atoms with E-state index in [9.17, 15) is 27.9 Å². The largest absolute Gasteiger partial charge is 0.437 e. The van der Waals surface area contributed by atoms with Crippen LogP contribution in [0.1, 0.15) is 28.2 Å². The topological polar surface area (TPSA) is 83.4 Å². The minimum Gasteiger partial charge on any atom is -0.363 e. The fourth-order valence-electron chi connectivity index (χ4n) is 4.79. The summed E-state index contributed by atoms with van der Waals surface area (Å²) in [6.07, 6.45) is -5.29. The Morgan fingerprint density at radius 3 is 2.53 bits per heavy atom. The number of hydrogen-bond donors (Lipinski definition) is 3. The summed E-state index contributed by atoms with van der Waals surface area (Å²) in [7, 11) is 0. The van der Waals surface area contributed by atoms with E-state index in [2.05, 4.69) is 9.88 Å². The molecule has 1 saturated heterocycles. The molecule has 2 aromatic heterocycles. The molecule has 3 heterocycles. The lowest BCUT2D eigenvalue weighted by Gasteiger charge is -2.44. The van der Waals surface area contributed by atoms with Crippen molar-refractivity contribution >= 4 is 45.0 Å². The van der Waals surface area contributed by atoms with Crippen molar-refractivity contribution in [2.24, 2.45) is 5.92 Å². The molecule has 0 saturated carbocycles. The number of hydrogen-bond acceptors (Lipinski definition) is 4. The van der Waals surface area contributed by atoms with Gasteiger partial charge in [0, 0.05) is 28.4 Å². The minimum absolute atomic E-state index is 0.0549. The first-order chi connectivity index (χ1) is 16.2. The zero-order valence-electron chi connectivity index (χ0n) is 17.9. The van der Waals surface area contributed by atoms with Crippen LogP contribution in [0.4, 0.5) is 18.0 Å². The molecular formula is C24H20F3N3O3S. The Kier molecular flexibility index (Phi) is 5.18. The maximum atomic E-state index is 14.1. The van der Waals surface area contributed by atoms with Crippen LogP contribution in [0.15, 0.2) is 60.0 Å². The first-order valence-electron chi connectivity index (χ1n) is 10.6. The number of benzene rings is 2. The molecule has 10 heteroatoms. The van der Waals surface area contributed by atoms with E-state index in [1.54, 1.807) is 35.0 Å². The molecular weight excluding hydrogens is 467 g/mol. The zero-order chi connectivity index (χ0) is 24.3. The average molecular weight is 488 g/mol. The van der Waals surface area contributed by atoms with Gasteiger partial charge in [0.15, 0.2) is 5.78 Å². The third-order valence-corrected chi connectivity index (χ3v) is 7.21. The smallest absolute Gasteiger partial charge is 0.363 e. The molecule has 5 rings (SSSR count). The summed E-state index contributed by atoms with van der Waals surface area (Å²) < 4.78 is 44.4. The molecule has 2 aromatic carbocycles. The van der Waals surface area contributed by atoms with E-state index in [1.165, 1.54) is 6.07 Å². The van der Waals surface area contributed by atoms with Crippen LogP contribution in [0.3, 0.4) is 0 Å². The summed E-state index contributed by atoms with van der Waals surface area (Å²) in [6.45, 7) is 2.67. The Labute approximate surface area is 196 Å². The number of nitrogens with zero attached hydrogens (tertiary/aromatic N) is 1. The quantitative estimate of drug-likeness (QED) is 0.355. The van der Waals surface area contributed by atoms with Crippen LogP contribution in [-0.2, 0) is 6.54 Å². The van der Waals surface area contributed by atoms with Crippen LogP contribution in [-0.4, -0.2) is 33.4 Å². The number of halogens is 3. The maximum Gasteiger partial charge on any atom is 0.437 e. The number of alkyl halides is 3. The molecule has 1 aliphatic heterocycles. The van der Waals surface area contributed by atoms with Gasteiger partial charge in [-0.25, -0.2) is 4.79 Å². The van der Waals surface area contributed by atoms with E-state index in [0.29, 0.717) is 12.1 Å². The van der Waals surface area contributed by atoms with Gasteiger partial charge in [-0.15, -0.1) is 11.3 Å². The van der Waals surface area contributed by atoms with Gasteiger partial charge in [-0.2, -0.15) is 13.2 Å². The number of rotatable bonds is 4. The highest BCUT2D eigenvalue weighted by atomic mass is 32.1. The molecule has 3 N–H and O–H groups in total. The number of amides is 2. The van der Waals surface area contributed by atoms with Crippen molar-refractivity contribution in [1.82, 2.24) is 15.2 Å². The SMILES string of the molecule is CCn1c2ccccc2c2cc([C@@H]3NC(=O)N[C@@](O)(C(F)(F)F)[C@@H]3C(=O)c3cccs3)ccc21. The fourth-order valence-corrected chi connectivity index (χ4v) is 5.50. The Hall–Kier alpha value is -3.37. The predicted octanol–water partition coefficient (Wildman–Crippen LogP) is 4.98. The molecule has 0 spiro atoms. The van der Waals surface area contributed by atoms with Gasteiger partial charge in [-0.1, -0.05) is 30.3 Å². The normalized spacial score (nSPS) is 23.1. The molecule has 0 aliphatic carbocycles. The zero-order valence-corrected chi connectivity index (χ0v) is 18.7. The number of nitrogens with one attached hydrogen (secondary N) is 2. The number of aromatic nitrogens is 1. The van der Waals surface area contributed by atoms with Crippen molar-refractivity contribution in [3.05, 3.63) is 70.4 Å². The molecule has 176 valence electrons. The van der Waals surface area contributed by atoms with Gasteiger partial charge in [0.05, 0.1) is 10.9 Å². The molecule has 4 aromatic rings. The highest BCUT2D eigenvalue weighted by Gasteiger charge is 2.66. The number of aryl methyl sites for hydroxylation is 1. The Balaban J connectivity index is 1.72. The highest BCUT2D eigenvalue weighted by molar-refractivity contribution is 7.12. The molecule has 34 heavy (non-hydrogen) atoms. The van der Waals surface area contributed by atoms with Crippen molar-refractivity contribution in [2.45, 2.75) is 31.4 Å². The lowest BCUT2D eigenvalue weighted by atomic mass is 9.78. The third-order valence-electron chi connectivity index (χ3n) is 6.32. The number of aliphatic hydroxyl groups is 1. The van der Waals surface area contributed by atoms with E-state index in [1.807, 2.05) is 31.2 Å². The lowest BCUT2D eigenvalue weighted by molar-refractivity contribution is -0.287. The molecule has 0 unspecified atom stereocenters. The van der Waals surface area contributed by atoms with E-state index in [0.717, 1.165) is 33.1 Å². The van der Waals surface area contributed by atoms with E-state index >= 15 is 0 Å². The van der Waals surface area contributed by atoms with E-state index < -0.39 is 35.7 Å². The Morgan fingerprint density at radius 2 is 1.85 bits per heavy atom. The summed E-state index contributed by atoms with van der Waals surface area (Å²) in [5.74, 6) is -2.95. The Morgan fingerprint density at radius 1 is 1.12 bits per heavy atom. The maximum absolute atomic E-state index is 14.1. The van der Waals surface area contributed by atoms with Gasteiger partial charge in [-0.3, -0.25) is 4.79 Å². The van der Waals surface area contributed by atoms with Crippen LogP contribution in [0.25, 0.3) is 21.8 Å². The van der Waals surface area contributed by atoms with Gasteiger partial charge in [0.2, 0.25) is 5.72 Å². The lowest BCUT2D eigenvalue weighted by Crippen LogP contribution is -2.72. The second kappa shape index (κ2) is 7.85. The number of carbonyl (C=O) groups is 2. The minimum atomic E-state index is -5.29. The van der Waals surface area contributed by atoms with Gasteiger partial charge in [0.25, 0.3) is 0 Å². The van der Waals surface area contributed by atoms with Gasteiger partial charge < -0.3 is 20.3 Å². The molecule has 6 nitrogen and oxygen atoms in total. The molecule has 1 fully saturated rings. The number of fused-ring (bicyclic) bond motifs is 3. The first kappa shape index (κ1) is 22.4. The van der Waals surface area contributed by atoms with Gasteiger partial charge in [-0.05, 0) is 42.1 Å². The number of Topliss-reactive ketones (excluding diaryl/α,β-unsaturated/α-hetero) is 1. The van der Waals surface area contributed by atoms with Crippen LogP contribution >= 0.6 is 11.3 Å². The number of ketones is 1. The van der Waals surface area contributed by atoms with E-state index in [4.69, 9.17) is 0 Å². The number of para-hydroxylation sites is 1. The monoisotopic (exact) mass is 487 g/mol. The Bertz CT molecular complexity index is 1410. The second-order valence-electron chi connectivity index (χ2n) is 8.20. The number of carbonyl (C=O) groups excluding carboxylic acids is 2. The second-order valence-corrected chi connectivity index (χ2v) is 9.15. The number of urea groups is 1. The molecule has 0 radical (unpaired) electrons. The summed E-state index contributed by atoms with van der Waals surface area (Å²) in [5.41, 5.74) is -1.61. The highest BCUT2D eigenvalue weighted by Crippen LogP contribution is 2.45. The van der Waals surface area contributed by atoms with Crippen LogP contribution in [0, 0.1) is 5.92 Å². The number of thiophene rings is 1. The van der Waals surface area contributed by atoms with Crippen molar-refractivity contribution in [1.29, 1.82) is 0 Å². The van der Waals surface area contributed by atoms with Crippen LogP contribution in [0.5, 0.6) is 0 Å². The summed E-state index contributed by atoms with van der Waals surface area (Å²) in [6, 6.07) is 13.0. The predicted molar refractivity (Wildman–Crippen MR) is 123 cm³/mol. The summed E-state index contributed by atoms with van der Waals surface area (Å²) in [5, 5.41) is 18.0. The summed E-state index contributed by atoms with van der Waals surface area (Å²) >= 11 is 0.973. The van der Waals surface area contributed by atoms with Crippen molar-refractivity contribution < 1.29 is 27.9 Å². The molecule has 0 bridgehead atoms. The molecule has 2 amide bonds. The van der Waals surface area contributed by atoms with Crippen molar-refractivity contribution in [3.63, 3.8) is 0 Å². The van der Waals surface area contributed by atoms with Crippen molar-refractivity contribution in [2.75, 3.05) is 0 Å². The molecule has 3 atom stereocenters. The first-order valence-corrected chi connectivity index (χ1v) is 11.5. The van der Waals surface area contributed by atoms with Crippen LogP contribution in [0.2, 0.25) is 0 Å². The van der Waals surface area contributed by atoms with Gasteiger partial charge >= 0.3 is 12.2 Å². The average Bonchev–Trinajstić information content (AvgIpc) is 3.43.